The van der Waals surface area contributed by atoms with Crippen molar-refractivity contribution >= 4 is 11.6 Å². The zero-order chi connectivity index (χ0) is 24.0. The maximum Gasteiger partial charge on any atom is 0.435 e. The summed E-state index contributed by atoms with van der Waals surface area (Å²) in [5.41, 5.74) is -0.263. The molecule has 0 aromatic carbocycles. The van der Waals surface area contributed by atoms with Gasteiger partial charge in [0.1, 0.15) is 5.65 Å². The fourth-order valence-electron chi connectivity index (χ4n) is 4.99. The Morgan fingerprint density at radius 3 is 2.42 bits per heavy atom. The van der Waals surface area contributed by atoms with E-state index in [0.717, 1.165) is 0 Å². The fourth-order valence-corrected chi connectivity index (χ4v) is 4.99. The van der Waals surface area contributed by atoms with E-state index in [9.17, 15) is 26.7 Å². The van der Waals surface area contributed by atoms with Gasteiger partial charge in [-0.2, -0.15) is 13.2 Å². The van der Waals surface area contributed by atoms with Crippen molar-refractivity contribution in [1.29, 1.82) is 0 Å². The molecule has 33 heavy (non-hydrogen) atoms. The van der Waals surface area contributed by atoms with Gasteiger partial charge < -0.3 is 14.0 Å². The summed E-state index contributed by atoms with van der Waals surface area (Å²) in [6, 6.07) is 2.97. The minimum absolute atomic E-state index is 0.00764. The molecule has 0 atom stereocenters. The maximum atomic E-state index is 13.8. The standard InChI is InChI=1S/C23H28F5N3O2/c1-14-11-16(21(32)30(2)17-5-9-33-10-6-17)13-19-29-20(23(26,27)28)18(31(14)19)12-15-3-7-22(24,25)8-4-15/h11,13,15,17H,3-10,12H2,1-2H3. The van der Waals surface area contributed by atoms with Crippen LogP contribution in [0.1, 0.15) is 66.0 Å². The van der Waals surface area contributed by atoms with E-state index >= 15 is 0 Å². The Labute approximate surface area is 188 Å². The second-order valence-electron chi connectivity index (χ2n) is 9.25. The maximum absolute atomic E-state index is 13.8. The van der Waals surface area contributed by atoms with Gasteiger partial charge >= 0.3 is 6.18 Å². The average Bonchev–Trinajstić information content (AvgIpc) is 3.14. The summed E-state index contributed by atoms with van der Waals surface area (Å²) in [5.74, 6) is -3.30. The number of amides is 1. The average molecular weight is 473 g/mol. The smallest absolute Gasteiger partial charge is 0.381 e. The lowest BCUT2D eigenvalue weighted by atomic mass is 9.83. The number of hydrogen-bond donors (Lipinski definition) is 0. The normalized spacial score (nSPS) is 20.3. The van der Waals surface area contributed by atoms with Crippen LogP contribution in [0.5, 0.6) is 0 Å². The first-order chi connectivity index (χ1) is 15.5. The molecule has 0 N–H and O–H groups in total. The first kappa shape index (κ1) is 23.9. The lowest BCUT2D eigenvalue weighted by Gasteiger charge is -2.31. The molecular weight excluding hydrogens is 445 g/mol. The van der Waals surface area contributed by atoms with Crippen LogP contribution in [0.3, 0.4) is 0 Å². The minimum atomic E-state index is -4.69. The first-order valence-corrected chi connectivity index (χ1v) is 11.3. The van der Waals surface area contributed by atoms with Gasteiger partial charge in [-0.05, 0) is 57.1 Å². The van der Waals surface area contributed by atoms with Crippen molar-refractivity contribution in [2.45, 2.75) is 70.0 Å². The van der Waals surface area contributed by atoms with Crippen LogP contribution in [0.4, 0.5) is 22.0 Å². The highest BCUT2D eigenvalue weighted by atomic mass is 19.4. The molecule has 2 aromatic heterocycles. The first-order valence-electron chi connectivity index (χ1n) is 11.3. The van der Waals surface area contributed by atoms with Gasteiger partial charge in [-0.3, -0.25) is 4.79 Å². The predicted octanol–water partition coefficient (Wildman–Crippen LogP) is 5.28. The van der Waals surface area contributed by atoms with Gasteiger partial charge in [0.25, 0.3) is 5.91 Å². The van der Waals surface area contributed by atoms with Crippen molar-refractivity contribution < 1.29 is 31.5 Å². The van der Waals surface area contributed by atoms with Crippen LogP contribution in [-0.2, 0) is 17.3 Å². The molecule has 5 nitrogen and oxygen atoms in total. The van der Waals surface area contributed by atoms with Gasteiger partial charge in [-0.1, -0.05) is 0 Å². The number of hydrogen-bond acceptors (Lipinski definition) is 3. The number of halogens is 5. The Hall–Kier alpha value is -2.23. The molecule has 1 aliphatic carbocycles. The Morgan fingerprint density at radius 2 is 1.82 bits per heavy atom. The topological polar surface area (TPSA) is 46.8 Å². The lowest BCUT2D eigenvalue weighted by molar-refractivity contribution is -0.141. The third-order valence-electron chi connectivity index (χ3n) is 6.89. The zero-order valence-electron chi connectivity index (χ0n) is 18.7. The lowest BCUT2D eigenvalue weighted by Crippen LogP contribution is -2.40. The number of carbonyl (C=O) groups excluding carboxylic acids is 1. The molecule has 3 heterocycles. The summed E-state index contributed by atoms with van der Waals surface area (Å²) < 4.78 is 75.3. The number of fused-ring (bicyclic) bond motifs is 1. The van der Waals surface area contributed by atoms with E-state index in [1.54, 1.807) is 24.9 Å². The van der Waals surface area contributed by atoms with Crippen LogP contribution >= 0.6 is 0 Å². The van der Waals surface area contributed by atoms with Crippen LogP contribution in [0.25, 0.3) is 5.65 Å². The third kappa shape index (κ3) is 5.00. The molecule has 0 unspecified atom stereocenters. The molecule has 1 saturated carbocycles. The number of pyridine rings is 1. The highest BCUT2D eigenvalue weighted by Crippen LogP contribution is 2.40. The SMILES string of the molecule is Cc1cc(C(=O)N(C)C2CCOCC2)cc2nc(C(F)(F)F)c(CC3CCC(F)(F)CC3)n12. The van der Waals surface area contributed by atoms with E-state index in [2.05, 4.69) is 4.98 Å². The van der Waals surface area contributed by atoms with Crippen molar-refractivity contribution in [3.63, 3.8) is 0 Å². The van der Waals surface area contributed by atoms with Crippen molar-refractivity contribution in [1.82, 2.24) is 14.3 Å². The van der Waals surface area contributed by atoms with E-state index in [-0.39, 0.29) is 66.9 Å². The largest absolute Gasteiger partial charge is 0.435 e. The second-order valence-corrected chi connectivity index (χ2v) is 9.25. The number of nitrogens with zero attached hydrogens (tertiary/aromatic N) is 3. The van der Waals surface area contributed by atoms with Gasteiger partial charge in [0.15, 0.2) is 5.69 Å². The van der Waals surface area contributed by atoms with Gasteiger partial charge in [0.2, 0.25) is 5.92 Å². The molecular formula is C23H28F5N3O2. The molecule has 0 spiro atoms. The van der Waals surface area contributed by atoms with E-state index < -0.39 is 17.8 Å². The molecule has 4 rings (SSSR count). The van der Waals surface area contributed by atoms with E-state index in [1.165, 1.54) is 10.5 Å². The van der Waals surface area contributed by atoms with Crippen molar-refractivity contribution in [2.24, 2.45) is 5.92 Å². The summed E-state index contributed by atoms with van der Waals surface area (Å²) in [4.78, 5) is 18.5. The van der Waals surface area contributed by atoms with E-state index in [4.69, 9.17) is 4.74 Å². The van der Waals surface area contributed by atoms with Crippen LogP contribution in [-0.4, -0.2) is 52.4 Å². The Morgan fingerprint density at radius 1 is 1.18 bits per heavy atom. The van der Waals surface area contributed by atoms with Crippen molar-refractivity contribution in [3.8, 4) is 0 Å². The summed E-state index contributed by atoms with van der Waals surface area (Å²) in [6.07, 6.45) is -3.55. The zero-order valence-corrected chi connectivity index (χ0v) is 18.7. The van der Waals surface area contributed by atoms with Gasteiger partial charge in [0.05, 0.1) is 5.69 Å². The van der Waals surface area contributed by atoms with Crippen molar-refractivity contribution in [2.75, 3.05) is 20.3 Å². The number of aromatic nitrogens is 2. The Kier molecular flexibility index (Phi) is 6.41. The number of alkyl halides is 5. The third-order valence-corrected chi connectivity index (χ3v) is 6.89. The second kappa shape index (κ2) is 8.85. The Balaban J connectivity index is 1.67. The van der Waals surface area contributed by atoms with Crippen LogP contribution in [0, 0.1) is 12.8 Å². The van der Waals surface area contributed by atoms with E-state index in [1.807, 2.05) is 0 Å². The molecule has 0 radical (unpaired) electrons. The van der Waals surface area contributed by atoms with Crippen LogP contribution in [0.15, 0.2) is 12.1 Å². The molecule has 1 aliphatic heterocycles. The molecule has 2 aromatic rings. The van der Waals surface area contributed by atoms with E-state index in [0.29, 0.717) is 31.7 Å². The number of imidazole rings is 1. The Bertz CT molecular complexity index is 1020. The van der Waals surface area contributed by atoms with Gasteiger partial charge in [-0.25, -0.2) is 13.8 Å². The summed E-state index contributed by atoms with van der Waals surface area (Å²) >= 11 is 0. The molecule has 2 aliphatic rings. The number of ether oxygens (including phenoxy) is 1. The summed E-state index contributed by atoms with van der Waals surface area (Å²) in [6.45, 7) is 2.76. The number of rotatable bonds is 4. The molecule has 182 valence electrons. The number of carbonyl (C=O) groups is 1. The monoisotopic (exact) mass is 473 g/mol. The molecule has 10 heteroatoms. The molecule has 1 amide bonds. The quantitative estimate of drug-likeness (QED) is 0.568. The number of aryl methyl sites for hydroxylation is 1. The molecule has 1 saturated heterocycles. The van der Waals surface area contributed by atoms with Crippen LogP contribution in [0.2, 0.25) is 0 Å². The highest BCUT2D eigenvalue weighted by molar-refractivity contribution is 5.95. The van der Waals surface area contributed by atoms with Gasteiger partial charge in [0, 0.05) is 50.4 Å². The fraction of sp³-hybridized carbons (Fsp3) is 0.652. The predicted molar refractivity (Wildman–Crippen MR) is 111 cm³/mol. The summed E-state index contributed by atoms with van der Waals surface area (Å²) in [7, 11) is 1.69. The minimum Gasteiger partial charge on any atom is -0.381 e. The molecule has 0 bridgehead atoms. The van der Waals surface area contributed by atoms with Gasteiger partial charge in [-0.15, -0.1) is 0 Å². The van der Waals surface area contributed by atoms with Crippen LogP contribution < -0.4 is 0 Å². The highest BCUT2D eigenvalue weighted by Gasteiger charge is 2.40. The summed E-state index contributed by atoms with van der Waals surface area (Å²) in [5, 5.41) is 0. The van der Waals surface area contributed by atoms with Crippen molar-refractivity contribution in [3.05, 3.63) is 34.8 Å². The molecule has 2 fully saturated rings.